The molecule has 0 amide bonds. The van der Waals surface area contributed by atoms with Crippen LogP contribution in [0.5, 0.6) is 0 Å². The Morgan fingerprint density at radius 3 is 2.16 bits per heavy atom. The van der Waals surface area contributed by atoms with Crippen LogP contribution in [-0.2, 0) is 0 Å². The first-order valence-corrected chi connectivity index (χ1v) is 6.26. The molecule has 0 spiro atoms. The van der Waals surface area contributed by atoms with E-state index >= 15 is 0 Å². The molecule has 1 rings (SSSR count). The smallest absolute Gasteiger partial charge is 0.310 e. The summed E-state index contributed by atoms with van der Waals surface area (Å²) in [6.45, 7) is 3.21. The number of rotatable bonds is 7. The van der Waals surface area contributed by atoms with Gasteiger partial charge < -0.3 is 5.32 Å². The molecule has 1 N–H and O–H groups in total. The van der Waals surface area contributed by atoms with Crippen molar-refractivity contribution in [1.29, 1.82) is 0 Å². The van der Waals surface area contributed by atoms with Crippen LogP contribution in [0.2, 0.25) is 0 Å². The van der Waals surface area contributed by atoms with Crippen LogP contribution in [0.15, 0.2) is 30.3 Å². The molecule has 19 heavy (non-hydrogen) atoms. The van der Waals surface area contributed by atoms with E-state index in [1.165, 1.54) is 0 Å². The van der Waals surface area contributed by atoms with Crippen molar-refractivity contribution in [3.8, 4) is 0 Å². The van der Waals surface area contributed by atoms with Crippen molar-refractivity contribution in [3.05, 3.63) is 35.9 Å². The lowest BCUT2D eigenvalue weighted by molar-refractivity contribution is -0.125. The Morgan fingerprint density at radius 1 is 1.11 bits per heavy atom. The molecule has 0 fully saturated rings. The monoisotopic (exact) mass is 277 g/mol. The van der Waals surface area contributed by atoms with Gasteiger partial charge in [0.1, 0.15) is 0 Å². The summed E-state index contributed by atoms with van der Waals surface area (Å²) in [5.41, 5.74) is 1.02. The minimum Gasteiger partial charge on any atom is -0.310 e. The van der Waals surface area contributed by atoms with Crippen LogP contribution in [0.3, 0.4) is 0 Å². The first-order valence-electron chi connectivity index (χ1n) is 6.26. The fourth-order valence-corrected chi connectivity index (χ4v) is 1.91. The van der Waals surface area contributed by atoms with Gasteiger partial charge in [-0.05, 0) is 17.4 Å². The van der Waals surface area contributed by atoms with Gasteiger partial charge in [-0.25, -0.2) is 8.78 Å². The third-order valence-corrected chi connectivity index (χ3v) is 3.08. The highest BCUT2D eigenvalue weighted by atomic mass is 19.3. The van der Waals surface area contributed by atoms with Gasteiger partial charge in [0, 0.05) is 6.54 Å². The molecular weight excluding hydrogens is 258 g/mol. The Balaban J connectivity index is 2.57. The third-order valence-electron chi connectivity index (χ3n) is 3.08. The summed E-state index contributed by atoms with van der Waals surface area (Å²) in [5.74, 6) is -3.72. The molecule has 1 nitrogen and oxygen atoms in total. The summed E-state index contributed by atoms with van der Waals surface area (Å²) < 4.78 is 49.6. The molecule has 0 aliphatic heterocycles. The average Bonchev–Trinajstić information content (AvgIpc) is 2.35. The number of halogens is 4. The fourth-order valence-electron chi connectivity index (χ4n) is 1.91. The SMILES string of the molecule is CC(C)C(CNCC(F)(F)C(F)F)c1ccccc1. The number of hydrogen-bond donors (Lipinski definition) is 1. The van der Waals surface area contributed by atoms with E-state index in [9.17, 15) is 17.6 Å². The minimum absolute atomic E-state index is 0.0228. The Bertz CT molecular complexity index is 365. The second-order valence-corrected chi connectivity index (χ2v) is 4.95. The van der Waals surface area contributed by atoms with E-state index in [1.54, 1.807) is 0 Å². The van der Waals surface area contributed by atoms with Gasteiger partial charge in [-0.15, -0.1) is 0 Å². The second-order valence-electron chi connectivity index (χ2n) is 4.95. The van der Waals surface area contributed by atoms with Gasteiger partial charge in [-0.3, -0.25) is 0 Å². The molecule has 1 aromatic carbocycles. The van der Waals surface area contributed by atoms with Crippen LogP contribution < -0.4 is 5.32 Å². The predicted octanol–water partition coefficient (Wildman–Crippen LogP) is 3.92. The first-order chi connectivity index (χ1) is 8.84. The molecule has 0 aromatic heterocycles. The van der Waals surface area contributed by atoms with Gasteiger partial charge in [-0.1, -0.05) is 44.2 Å². The molecule has 0 heterocycles. The highest BCUT2D eigenvalue weighted by Gasteiger charge is 2.40. The van der Waals surface area contributed by atoms with Gasteiger partial charge in [0.25, 0.3) is 0 Å². The average molecular weight is 277 g/mol. The summed E-state index contributed by atoms with van der Waals surface area (Å²) in [4.78, 5) is 0. The molecule has 1 atom stereocenters. The Kier molecular flexibility index (Phi) is 5.79. The minimum atomic E-state index is -3.97. The first kappa shape index (κ1) is 16.0. The van der Waals surface area contributed by atoms with Crippen molar-refractivity contribution in [2.24, 2.45) is 5.92 Å². The lowest BCUT2D eigenvalue weighted by Crippen LogP contribution is -2.40. The summed E-state index contributed by atoms with van der Waals surface area (Å²) in [5, 5.41) is 2.46. The lowest BCUT2D eigenvalue weighted by atomic mass is 9.88. The maximum absolute atomic E-state index is 12.8. The zero-order valence-corrected chi connectivity index (χ0v) is 11.0. The number of nitrogens with one attached hydrogen (secondary N) is 1. The fraction of sp³-hybridized carbons (Fsp3) is 0.571. The van der Waals surface area contributed by atoms with Gasteiger partial charge in [0.2, 0.25) is 0 Å². The van der Waals surface area contributed by atoms with Crippen molar-refractivity contribution in [2.45, 2.75) is 32.1 Å². The maximum atomic E-state index is 12.8. The van der Waals surface area contributed by atoms with Crippen molar-refractivity contribution in [2.75, 3.05) is 13.1 Å². The number of hydrogen-bond acceptors (Lipinski definition) is 1. The van der Waals surface area contributed by atoms with E-state index < -0.39 is 18.9 Å². The van der Waals surface area contributed by atoms with Crippen LogP contribution >= 0.6 is 0 Å². The molecule has 0 bridgehead atoms. The topological polar surface area (TPSA) is 12.0 Å². The van der Waals surface area contributed by atoms with Crippen LogP contribution in [0.1, 0.15) is 25.3 Å². The molecule has 1 aromatic rings. The normalized spacial score (nSPS) is 14.1. The lowest BCUT2D eigenvalue weighted by Gasteiger charge is -2.23. The summed E-state index contributed by atoms with van der Waals surface area (Å²) in [6.07, 6.45) is -3.63. The van der Waals surface area contributed by atoms with Crippen LogP contribution in [0.4, 0.5) is 17.6 Å². The van der Waals surface area contributed by atoms with Gasteiger partial charge in [-0.2, -0.15) is 8.78 Å². The van der Waals surface area contributed by atoms with Gasteiger partial charge in [0.15, 0.2) is 0 Å². The van der Waals surface area contributed by atoms with Crippen molar-refractivity contribution in [3.63, 3.8) is 0 Å². The zero-order valence-electron chi connectivity index (χ0n) is 11.0. The van der Waals surface area contributed by atoms with E-state index in [-0.39, 0.29) is 18.4 Å². The molecule has 108 valence electrons. The Labute approximate surface area is 111 Å². The van der Waals surface area contributed by atoms with E-state index in [4.69, 9.17) is 0 Å². The molecule has 1 unspecified atom stereocenters. The number of benzene rings is 1. The van der Waals surface area contributed by atoms with Crippen LogP contribution in [0, 0.1) is 5.92 Å². The molecule has 5 heteroatoms. The van der Waals surface area contributed by atoms with E-state index in [0.717, 1.165) is 5.56 Å². The molecule has 0 radical (unpaired) electrons. The Hall–Kier alpha value is -1.10. The molecule has 0 saturated heterocycles. The third kappa shape index (κ3) is 4.82. The van der Waals surface area contributed by atoms with E-state index in [0.29, 0.717) is 0 Å². The quantitative estimate of drug-likeness (QED) is 0.745. The molecule has 0 aliphatic carbocycles. The van der Waals surface area contributed by atoms with E-state index in [2.05, 4.69) is 5.32 Å². The van der Waals surface area contributed by atoms with Crippen molar-refractivity contribution >= 4 is 0 Å². The van der Waals surface area contributed by atoms with Gasteiger partial charge in [0.05, 0.1) is 6.54 Å². The van der Waals surface area contributed by atoms with E-state index in [1.807, 2.05) is 44.2 Å². The highest BCUT2D eigenvalue weighted by Crippen LogP contribution is 2.25. The van der Waals surface area contributed by atoms with Crippen LogP contribution in [0.25, 0.3) is 0 Å². The Morgan fingerprint density at radius 2 is 1.68 bits per heavy atom. The van der Waals surface area contributed by atoms with Gasteiger partial charge >= 0.3 is 12.3 Å². The van der Waals surface area contributed by atoms with Crippen molar-refractivity contribution in [1.82, 2.24) is 5.32 Å². The number of alkyl halides is 4. The molecule has 0 saturated carbocycles. The summed E-state index contributed by atoms with van der Waals surface area (Å²) in [6, 6.07) is 9.45. The molecule has 0 aliphatic rings. The zero-order chi connectivity index (χ0) is 14.5. The highest BCUT2D eigenvalue weighted by molar-refractivity contribution is 5.20. The summed E-state index contributed by atoms with van der Waals surface area (Å²) >= 11 is 0. The second kappa shape index (κ2) is 6.89. The van der Waals surface area contributed by atoms with Crippen molar-refractivity contribution < 1.29 is 17.6 Å². The molecular formula is C14H19F4N. The largest absolute Gasteiger partial charge is 0.319 e. The summed E-state index contributed by atoms with van der Waals surface area (Å²) in [7, 11) is 0. The maximum Gasteiger partial charge on any atom is 0.319 e. The standard InChI is InChI=1S/C14H19F4N/c1-10(2)12(11-6-4-3-5-7-11)8-19-9-14(17,18)13(15)16/h3-7,10,12-13,19H,8-9H2,1-2H3. The predicted molar refractivity (Wildman–Crippen MR) is 67.8 cm³/mol. The van der Waals surface area contributed by atoms with Crippen LogP contribution in [-0.4, -0.2) is 25.4 Å².